The summed E-state index contributed by atoms with van der Waals surface area (Å²) >= 11 is 0. The number of nitrogens with zero attached hydrogens (tertiary/aromatic N) is 4. The van der Waals surface area contributed by atoms with Crippen LogP contribution in [0, 0.1) is 6.92 Å². The number of alkyl halides is 3. The minimum absolute atomic E-state index is 0.00137. The van der Waals surface area contributed by atoms with E-state index in [-0.39, 0.29) is 17.5 Å². The molecule has 206 valence electrons. The third-order valence-corrected chi connectivity index (χ3v) is 6.41. The van der Waals surface area contributed by atoms with Gasteiger partial charge in [-0.2, -0.15) is 13.2 Å². The van der Waals surface area contributed by atoms with E-state index in [9.17, 15) is 18.0 Å². The van der Waals surface area contributed by atoms with Crippen LogP contribution in [-0.2, 0) is 11.0 Å². The summed E-state index contributed by atoms with van der Waals surface area (Å²) in [6, 6.07) is 10.8. The number of aryl methyl sites for hydroxylation is 1. The number of hydrogen-bond donors (Lipinski definition) is 3. The van der Waals surface area contributed by atoms with Gasteiger partial charge in [0.05, 0.1) is 17.1 Å². The second-order valence-corrected chi connectivity index (χ2v) is 9.64. The van der Waals surface area contributed by atoms with Gasteiger partial charge in [-0.3, -0.25) is 4.79 Å². The number of amides is 1. The highest BCUT2D eigenvalue weighted by molar-refractivity contribution is 5.97. The molecular formula is C28H32F3N7O. The first-order valence-corrected chi connectivity index (χ1v) is 12.6. The minimum atomic E-state index is -4.64. The largest absolute Gasteiger partial charge is 0.419 e. The van der Waals surface area contributed by atoms with Gasteiger partial charge in [0.15, 0.2) is 0 Å². The maximum absolute atomic E-state index is 14.0. The van der Waals surface area contributed by atoms with E-state index in [2.05, 4.69) is 30.5 Å². The second-order valence-electron chi connectivity index (χ2n) is 9.64. The molecule has 0 radical (unpaired) electrons. The van der Waals surface area contributed by atoms with Crippen molar-refractivity contribution in [2.75, 3.05) is 49.8 Å². The molecule has 0 aliphatic carbocycles. The Bertz CT molecular complexity index is 1480. The Kier molecular flexibility index (Phi) is 8.10. The van der Waals surface area contributed by atoms with Gasteiger partial charge in [-0.05, 0) is 44.8 Å². The lowest BCUT2D eigenvalue weighted by molar-refractivity contribution is -0.137. The quantitative estimate of drug-likeness (QED) is 0.240. The highest BCUT2D eigenvalue weighted by Crippen LogP contribution is 2.39. The van der Waals surface area contributed by atoms with Crippen LogP contribution in [0.4, 0.5) is 36.2 Å². The Morgan fingerprint density at radius 1 is 1.10 bits per heavy atom. The number of aromatic amines is 1. The lowest BCUT2D eigenvalue weighted by Gasteiger charge is -2.25. The van der Waals surface area contributed by atoms with Gasteiger partial charge >= 0.3 is 6.18 Å². The molecular weight excluding hydrogens is 507 g/mol. The van der Waals surface area contributed by atoms with Crippen molar-refractivity contribution in [2.45, 2.75) is 26.4 Å². The number of halogens is 3. The van der Waals surface area contributed by atoms with Gasteiger partial charge in [0, 0.05) is 61.1 Å². The molecule has 4 aromatic rings. The molecule has 39 heavy (non-hydrogen) atoms. The molecule has 0 fully saturated rings. The van der Waals surface area contributed by atoms with Crippen molar-refractivity contribution >= 4 is 39.8 Å². The van der Waals surface area contributed by atoms with Crippen molar-refractivity contribution in [3.63, 3.8) is 0 Å². The standard InChI is InChI=1S/C28H32F3N7O/c1-6-24(39)35-22-14-18(10-11-23(22)38(5)13-12-37(3)4)34-27-33-16-21(28(29,30)31)26(36-27)20-15-32-25-17(2)8-7-9-19(20)25/h7-11,14-16,32H,6,12-13H2,1-5H3,(H,35,39)(H,33,34,36). The fraction of sp³-hybridized carbons (Fsp3) is 0.321. The zero-order valence-electron chi connectivity index (χ0n) is 22.6. The summed E-state index contributed by atoms with van der Waals surface area (Å²) < 4.78 is 41.9. The maximum atomic E-state index is 14.0. The molecule has 3 N–H and O–H groups in total. The molecule has 11 heteroatoms. The molecule has 0 saturated heterocycles. The normalized spacial score (nSPS) is 11.7. The summed E-state index contributed by atoms with van der Waals surface area (Å²) in [6.07, 6.45) is -2.01. The number of benzene rings is 2. The minimum Gasteiger partial charge on any atom is -0.372 e. The molecule has 0 unspecified atom stereocenters. The molecule has 2 aromatic carbocycles. The Hall–Kier alpha value is -4.12. The van der Waals surface area contributed by atoms with E-state index in [1.165, 1.54) is 6.20 Å². The summed E-state index contributed by atoms with van der Waals surface area (Å²) in [5.74, 6) is -0.154. The number of hydrogen-bond acceptors (Lipinski definition) is 6. The van der Waals surface area contributed by atoms with E-state index in [1.807, 2.05) is 45.1 Å². The molecule has 2 heterocycles. The number of carbonyl (C=O) groups is 1. The maximum Gasteiger partial charge on any atom is 0.419 e. The van der Waals surface area contributed by atoms with Crippen LogP contribution in [0.1, 0.15) is 24.5 Å². The molecule has 1 amide bonds. The fourth-order valence-electron chi connectivity index (χ4n) is 4.24. The van der Waals surface area contributed by atoms with Gasteiger partial charge in [-0.1, -0.05) is 25.1 Å². The van der Waals surface area contributed by atoms with Crippen molar-refractivity contribution < 1.29 is 18.0 Å². The monoisotopic (exact) mass is 539 g/mol. The third kappa shape index (κ3) is 6.31. The molecule has 0 bridgehead atoms. The Labute approximate surface area is 225 Å². The number of fused-ring (bicyclic) bond motifs is 1. The summed E-state index contributed by atoms with van der Waals surface area (Å²) in [5.41, 5.74) is 2.75. The number of carbonyl (C=O) groups excluding carboxylic acids is 1. The zero-order chi connectivity index (χ0) is 28.3. The van der Waals surface area contributed by atoms with E-state index in [0.717, 1.165) is 36.1 Å². The van der Waals surface area contributed by atoms with Crippen molar-refractivity contribution in [3.8, 4) is 11.3 Å². The van der Waals surface area contributed by atoms with E-state index in [0.29, 0.717) is 28.7 Å². The molecule has 4 rings (SSSR count). The molecule has 0 aliphatic rings. The van der Waals surface area contributed by atoms with E-state index >= 15 is 0 Å². The third-order valence-electron chi connectivity index (χ3n) is 6.41. The van der Waals surface area contributed by atoms with Gasteiger partial charge in [0.25, 0.3) is 0 Å². The second kappa shape index (κ2) is 11.3. The number of anilines is 4. The lowest BCUT2D eigenvalue weighted by Crippen LogP contribution is -2.29. The van der Waals surface area contributed by atoms with Crippen molar-refractivity contribution in [2.24, 2.45) is 0 Å². The van der Waals surface area contributed by atoms with Crippen LogP contribution >= 0.6 is 0 Å². The predicted octanol–water partition coefficient (Wildman–Crippen LogP) is 6.04. The van der Waals surface area contributed by atoms with Crippen LogP contribution < -0.4 is 15.5 Å². The number of nitrogens with one attached hydrogen (secondary N) is 3. The Balaban J connectivity index is 1.73. The summed E-state index contributed by atoms with van der Waals surface area (Å²) in [6.45, 7) is 5.19. The Morgan fingerprint density at radius 2 is 1.87 bits per heavy atom. The first-order chi connectivity index (χ1) is 18.5. The number of H-pyrrole nitrogens is 1. The molecule has 0 saturated carbocycles. The van der Waals surface area contributed by atoms with Gasteiger partial charge < -0.3 is 25.4 Å². The molecule has 0 aliphatic heterocycles. The summed E-state index contributed by atoms with van der Waals surface area (Å²) in [4.78, 5) is 27.7. The topological polar surface area (TPSA) is 89.2 Å². The van der Waals surface area contributed by atoms with Gasteiger partial charge in [0.2, 0.25) is 11.9 Å². The highest BCUT2D eigenvalue weighted by Gasteiger charge is 2.36. The fourth-order valence-corrected chi connectivity index (χ4v) is 4.24. The van der Waals surface area contributed by atoms with E-state index in [1.54, 1.807) is 31.2 Å². The highest BCUT2D eigenvalue weighted by atomic mass is 19.4. The number of aromatic nitrogens is 3. The van der Waals surface area contributed by atoms with Crippen molar-refractivity contribution in [3.05, 3.63) is 59.9 Å². The van der Waals surface area contributed by atoms with Crippen LogP contribution in [0.15, 0.2) is 48.8 Å². The van der Waals surface area contributed by atoms with Crippen LogP contribution in [-0.4, -0.2) is 60.0 Å². The predicted molar refractivity (Wildman–Crippen MR) is 150 cm³/mol. The SMILES string of the molecule is CCC(=O)Nc1cc(Nc2ncc(C(F)(F)F)c(-c3c[nH]c4c(C)cccc34)n2)ccc1N(C)CCN(C)C. The van der Waals surface area contributed by atoms with Crippen LogP contribution in [0.25, 0.3) is 22.2 Å². The average Bonchev–Trinajstić information content (AvgIpc) is 3.32. The van der Waals surface area contributed by atoms with E-state index in [4.69, 9.17) is 0 Å². The first-order valence-electron chi connectivity index (χ1n) is 12.6. The van der Waals surface area contributed by atoms with Crippen LogP contribution in [0.5, 0.6) is 0 Å². The molecule has 2 aromatic heterocycles. The first kappa shape index (κ1) is 27.9. The number of rotatable bonds is 9. The van der Waals surface area contributed by atoms with E-state index < -0.39 is 11.7 Å². The lowest BCUT2D eigenvalue weighted by atomic mass is 10.0. The zero-order valence-corrected chi connectivity index (χ0v) is 22.6. The molecule has 0 atom stereocenters. The van der Waals surface area contributed by atoms with Crippen LogP contribution in [0.3, 0.4) is 0 Å². The summed E-state index contributed by atoms with van der Waals surface area (Å²) in [5, 5.41) is 6.57. The smallest absolute Gasteiger partial charge is 0.372 e. The number of likely N-dealkylation sites (N-methyl/N-ethyl adjacent to an activating group) is 2. The molecule has 8 nitrogen and oxygen atoms in total. The Morgan fingerprint density at radius 3 is 2.56 bits per heavy atom. The number of para-hydroxylation sites is 1. The van der Waals surface area contributed by atoms with Gasteiger partial charge in [-0.15, -0.1) is 0 Å². The van der Waals surface area contributed by atoms with Crippen molar-refractivity contribution in [1.29, 1.82) is 0 Å². The average molecular weight is 540 g/mol. The van der Waals surface area contributed by atoms with Gasteiger partial charge in [0.1, 0.15) is 5.56 Å². The van der Waals surface area contributed by atoms with Crippen molar-refractivity contribution in [1.82, 2.24) is 19.9 Å². The summed E-state index contributed by atoms with van der Waals surface area (Å²) in [7, 11) is 5.90. The molecule has 0 spiro atoms. The van der Waals surface area contributed by atoms with Gasteiger partial charge in [-0.25, -0.2) is 9.97 Å². The van der Waals surface area contributed by atoms with Crippen LogP contribution in [0.2, 0.25) is 0 Å².